The molecule has 2 aliphatic rings. The van der Waals surface area contributed by atoms with Crippen LogP contribution in [0.25, 0.3) is 0 Å². The summed E-state index contributed by atoms with van der Waals surface area (Å²) in [5.41, 5.74) is 2.01. The fraction of sp³-hybridized carbons (Fsp3) is 0.435. The lowest BCUT2D eigenvalue weighted by atomic mass is 9.98. The highest BCUT2D eigenvalue weighted by molar-refractivity contribution is 7.83. The molecule has 4 N–H and O–H groups in total. The molecule has 0 unspecified atom stereocenters. The molecule has 4 heterocycles. The fourth-order valence-electron chi connectivity index (χ4n) is 4.90. The van der Waals surface area contributed by atoms with Crippen LogP contribution < -0.4 is 10.0 Å². The fourth-order valence-corrected chi connectivity index (χ4v) is 6.54. The summed E-state index contributed by atoms with van der Waals surface area (Å²) in [6.07, 6.45) is 2.98. The zero-order valence-electron chi connectivity index (χ0n) is 19.7. The lowest BCUT2D eigenvalue weighted by Crippen LogP contribution is -2.32. The number of furan rings is 1. The van der Waals surface area contributed by atoms with E-state index in [9.17, 15) is 18.3 Å². The number of aromatic nitrogens is 2. The molecule has 11 nitrogen and oxygen atoms in total. The van der Waals surface area contributed by atoms with Crippen LogP contribution in [0.2, 0.25) is 5.22 Å². The molecule has 37 heavy (non-hydrogen) atoms. The number of nitrogens with zero attached hydrogens (tertiary/aromatic N) is 2. The molecule has 1 aliphatic carbocycles. The van der Waals surface area contributed by atoms with E-state index in [0.29, 0.717) is 41.8 Å². The van der Waals surface area contributed by atoms with Crippen molar-refractivity contribution in [3.63, 3.8) is 0 Å². The topological polar surface area (TPSA) is 164 Å². The number of aliphatic hydroxyl groups excluding tert-OH is 1. The van der Waals surface area contributed by atoms with Crippen molar-refractivity contribution in [2.45, 2.75) is 44.4 Å². The highest BCUT2D eigenvalue weighted by atomic mass is 35.5. The Kier molecular flexibility index (Phi) is 7.38. The van der Waals surface area contributed by atoms with Gasteiger partial charge in [0, 0.05) is 47.6 Å². The first kappa shape index (κ1) is 26.2. The zero-order valence-corrected chi connectivity index (χ0v) is 22.1. The number of thiophene rings is 1. The summed E-state index contributed by atoms with van der Waals surface area (Å²) < 4.78 is 44.5. The van der Waals surface area contributed by atoms with E-state index in [2.05, 4.69) is 15.3 Å². The van der Waals surface area contributed by atoms with Crippen molar-refractivity contribution in [3.8, 4) is 0 Å². The summed E-state index contributed by atoms with van der Waals surface area (Å²) in [5.74, 6) is 0.448. The van der Waals surface area contributed by atoms with Crippen LogP contribution in [-0.4, -0.2) is 59.1 Å². The minimum Gasteiger partial charge on any atom is -0.449 e. The number of carbonyl (C=O) groups excluding carboxylic acids is 1. The molecule has 0 aromatic carbocycles. The maximum atomic E-state index is 13.5. The standard InChI is InChI=1S/C23H25ClN4O7S2/c1-11-14(22-15-7-20(24)35-18(15)2-3-34-22)6-19(36-11)21(30)16-9-25-10-26-23(16)28-13-4-12(17(29)5-13)8-27-37(31,32)33/h6-7,9-10,12-13,17,22,27,29H,2-5,8H2,1H3,(H,25,26,28)(H,31,32,33)/t12-,13-,17+,22-/m1/s1. The predicted molar refractivity (Wildman–Crippen MR) is 135 cm³/mol. The highest BCUT2D eigenvalue weighted by Crippen LogP contribution is 2.40. The molecule has 0 radical (unpaired) electrons. The van der Waals surface area contributed by atoms with Gasteiger partial charge in [-0.25, -0.2) is 9.97 Å². The van der Waals surface area contributed by atoms with Crippen molar-refractivity contribution in [1.82, 2.24) is 14.7 Å². The molecule has 3 aromatic heterocycles. The van der Waals surface area contributed by atoms with E-state index in [1.807, 2.05) is 17.7 Å². The van der Waals surface area contributed by atoms with Crippen LogP contribution in [-0.2, 0) is 21.5 Å². The predicted octanol–water partition coefficient (Wildman–Crippen LogP) is 2.93. The number of hydrogen-bond acceptors (Lipinski definition) is 10. The van der Waals surface area contributed by atoms with Crippen molar-refractivity contribution in [2.75, 3.05) is 18.5 Å². The SMILES string of the molecule is Cc1sc(C(=O)c2cncnc2N[C@@H]2C[C@H](CNS(=O)(=O)O)[C@@H](O)C2)cc1[C@H]1OCCc2oc(Cl)cc21. The summed E-state index contributed by atoms with van der Waals surface area (Å²) in [6, 6.07) is 3.31. The number of anilines is 1. The molecule has 0 amide bonds. The largest absolute Gasteiger partial charge is 0.449 e. The van der Waals surface area contributed by atoms with Gasteiger partial charge >= 0.3 is 10.3 Å². The van der Waals surface area contributed by atoms with E-state index in [0.717, 1.165) is 21.8 Å². The molecule has 1 saturated carbocycles. The molecule has 4 atom stereocenters. The Labute approximate surface area is 222 Å². The van der Waals surface area contributed by atoms with Gasteiger partial charge in [0.05, 0.1) is 23.2 Å². The molecule has 0 bridgehead atoms. The Morgan fingerprint density at radius 2 is 2.11 bits per heavy atom. The van der Waals surface area contributed by atoms with Crippen molar-refractivity contribution in [3.05, 3.63) is 62.1 Å². The second kappa shape index (κ2) is 10.4. The Hall–Kier alpha value is -2.39. The minimum absolute atomic E-state index is 0.0994. The molecule has 1 fully saturated rings. The molecule has 3 aromatic rings. The quantitative estimate of drug-likeness (QED) is 0.234. The third-order valence-electron chi connectivity index (χ3n) is 6.65. The summed E-state index contributed by atoms with van der Waals surface area (Å²) in [5, 5.41) is 13.8. The van der Waals surface area contributed by atoms with Crippen LogP contribution in [0.5, 0.6) is 0 Å². The summed E-state index contributed by atoms with van der Waals surface area (Å²) in [7, 11) is -4.35. The number of halogens is 1. The van der Waals surface area contributed by atoms with Gasteiger partial charge in [-0.1, -0.05) is 0 Å². The van der Waals surface area contributed by atoms with Crippen LogP contribution in [0.4, 0.5) is 5.82 Å². The third kappa shape index (κ3) is 5.72. The lowest BCUT2D eigenvalue weighted by Gasteiger charge is -2.22. The molecular weight excluding hydrogens is 544 g/mol. The van der Waals surface area contributed by atoms with E-state index in [1.165, 1.54) is 23.9 Å². The van der Waals surface area contributed by atoms with Gasteiger partial charge in [0.2, 0.25) is 5.78 Å². The molecule has 0 saturated heterocycles. The average Bonchev–Trinajstić information content (AvgIpc) is 3.52. The van der Waals surface area contributed by atoms with Gasteiger partial charge in [0.25, 0.3) is 0 Å². The number of carbonyl (C=O) groups is 1. The van der Waals surface area contributed by atoms with Gasteiger partial charge in [-0.3, -0.25) is 9.35 Å². The van der Waals surface area contributed by atoms with E-state index in [1.54, 1.807) is 6.07 Å². The van der Waals surface area contributed by atoms with Crippen LogP contribution in [0.1, 0.15) is 55.9 Å². The summed E-state index contributed by atoms with van der Waals surface area (Å²) in [4.78, 5) is 23.2. The van der Waals surface area contributed by atoms with Crippen LogP contribution >= 0.6 is 22.9 Å². The first-order valence-corrected chi connectivity index (χ1v) is 14.2. The number of ether oxygens (including phenoxy) is 1. The molecule has 0 spiro atoms. The van der Waals surface area contributed by atoms with E-state index < -0.39 is 22.3 Å². The molecule has 14 heteroatoms. The maximum absolute atomic E-state index is 13.5. The first-order valence-electron chi connectivity index (χ1n) is 11.6. The Balaban J connectivity index is 1.34. The highest BCUT2D eigenvalue weighted by Gasteiger charge is 2.35. The average molecular weight is 569 g/mol. The van der Waals surface area contributed by atoms with E-state index in [4.69, 9.17) is 25.3 Å². The van der Waals surface area contributed by atoms with Crippen LogP contribution in [0.3, 0.4) is 0 Å². The van der Waals surface area contributed by atoms with Gasteiger partial charge in [-0.15, -0.1) is 11.3 Å². The van der Waals surface area contributed by atoms with Crippen molar-refractivity contribution in [1.29, 1.82) is 0 Å². The summed E-state index contributed by atoms with van der Waals surface area (Å²) in [6.45, 7) is 2.31. The smallest absolute Gasteiger partial charge is 0.333 e. The number of aliphatic hydroxyl groups is 1. The van der Waals surface area contributed by atoms with Gasteiger partial charge in [0.1, 0.15) is 24.0 Å². The monoisotopic (exact) mass is 568 g/mol. The van der Waals surface area contributed by atoms with Gasteiger partial charge in [-0.05, 0) is 43.0 Å². The number of hydrogen-bond donors (Lipinski definition) is 4. The Morgan fingerprint density at radius 3 is 2.89 bits per heavy atom. The maximum Gasteiger partial charge on any atom is 0.333 e. The van der Waals surface area contributed by atoms with Gasteiger partial charge in [-0.2, -0.15) is 13.1 Å². The number of fused-ring (bicyclic) bond motifs is 1. The van der Waals surface area contributed by atoms with E-state index in [-0.39, 0.29) is 30.0 Å². The molecular formula is C23H25ClN4O7S2. The number of aryl methyl sites for hydroxylation is 1. The van der Waals surface area contributed by atoms with Crippen LogP contribution in [0.15, 0.2) is 29.1 Å². The zero-order chi connectivity index (χ0) is 26.3. The van der Waals surface area contributed by atoms with Crippen molar-refractivity contribution in [2.24, 2.45) is 5.92 Å². The molecule has 198 valence electrons. The molecule has 5 rings (SSSR count). The van der Waals surface area contributed by atoms with E-state index >= 15 is 0 Å². The lowest BCUT2D eigenvalue weighted by molar-refractivity contribution is 0.0643. The number of nitrogens with one attached hydrogen (secondary N) is 2. The van der Waals surface area contributed by atoms with Gasteiger partial charge < -0.3 is 19.6 Å². The van der Waals surface area contributed by atoms with Crippen molar-refractivity contribution >= 4 is 44.8 Å². The second-order valence-electron chi connectivity index (χ2n) is 9.13. The van der Waals surface area contributed by atoms with Crippen molar-refractivity contribution < 1.29 is 32.0 Å². The first-order chi connectivity index (χ1) is 17.6. The summed E-state index contributed by atoms with van der Waals surface area (Å²) >= 11 is 7.42. The second-order valence-corrected chi connectivity index (χ2v) is 12.0. The van der Waals surface area contributed by atoms with Crippen LogP contribution in [0, 0.1) is 12.8 Å². The Morgan fingerprint density at radius 1 is 1.30 bits per heavy atom. The minimum atomic E-state index is -4.35. The van der Waals surface area contributed by atoms with Gasteiger partial charge in [0.15, 0.2) is 5.22 Å². The molecule has 1 aliphatic heterocycles. The normalized spacial score (nSPS) is 23.7. The Bertz CT molecular complexity index is 1420. The number of rotatable bonds is 8. The third-order valence-corrected chi connectivity index (χ3v) is 8.44. The number of ketones is 1.